The summed E-state index contributed by atoms with van der Waals surface area (Å²) in [6, 6.07) is 11.2. The van der Waals surface area contributed by atoms with Crippen LogP contribution in [0.2, 0.25) is 0 Å². The smallest absolute Gasteiger partial charge is 0.279 e. The monoisotopic (exact) mass is 394 g/mol. The Morgan fingerprint density at radius 2 is 1.85 bits per heavy atom. The van der Waals surface area contributed by atoms with Crippen LogP contribution < -0.4 is 29.2 Å². The fourth-order valence-electron chi connectivity index (χ4n) is 2.40. The number of hydrogen-bond donors (Lipinski definition) is 2. The minimum atomic E-state index is -4.11. The Hall–Kier alpha value is -2.98. The summed E-state index contributed by atoms with van der Waals surface area (Å²) in [6.45, 7) is -0.0486. The van der Waals surface area contributed by atoms with Crippen LogP contribution in [0.15, 0.2) is 47.4 Å². The van der Waals surface area contributed by atoms with Crippen molar-refractivity contribution < 1.29 is 32.2 Å². The van der Waals surface area contributed by atoms with Crippen molar-refractivity contribution in [1.82, 2.24) is 10.3 Å². The molecule has 9 nitrogen and oxygen atoms in total. The molecule has 1 heterocycles. The maximum atomic E-state index is 12.5. The molecule has 1 atom stereocenters. The van der Waals surface area contributed by atoms with Gasteiger partial charge >= 0.3 is 0 Å². The third-order valence-corrected chi connectivity index (χ3v) is 5.04. The van der Waals surface area contributed by atoms with Gasteiger partial charge in [0.25, 0.3) is 15.9 Å². The van der Waals surface area contributed by atoms with Gasteiger partial charge in [-0.25, -0.2) is 8.42 Å². The fraction of sp³-hybridized carbons (Fsp3) is 0.235. The van der Waals surface area contributed by atoms with Gasteiger partial charge in [-0.1, -0.05) is 12.1 Å². The van der Waals surface area contributed by atoms with E-state index in [1.807, 2.05) is 4.83 Å². The van der Waals surface area contributed by atoms with Crippen LogP contribution in [0.1, 0.15) is 0 Å². The molecule has 0 bridgehead atoms. The van der Waals surface area contributed by atoms with Crippen LogP contribution in [0.5, 0.6) is 23.0 Å². The maximum Gasteiger partial charge on any atom is 0.279 e. The van der Waals surface area contributed by atoms with Crippen LogP contribution in [0.4, 0.5) is 0 Å². The van der Waals surface area contributed by atoms with Crippen molar-refractivity contribution in [1.29, 1.82) is 0 Å². The topological polar surface area (TPSA) is 112 Å². The number of carbonyl (C=O) groups is 1. The van der Waals surface area contributed by atoms with Crippen LogP contribution in [-0.2, 0) is 14.8 Å². The van der Waals surface area contributed by atoms with Crippen molar-refractivity contribution in [2.24, 2.45) is 0 Å². The van der Waals surface area contributed by atoms with E-state index >= 15 is 0 Å². The van der Waals surface area contributed by atoms with E-state index in [0.717, 1.165) is 0 Å². The minimum Gasteiger partial charge on any atom is -0.497 e. The molecular weight excluding hydrogens is 376 g/mol. The predicted octanol–water partition coefficient (Wildman–Crippen LogP) is 0.853. The molecule has 144 valence electrons. The Kier molecular flexibility index (Phi) is 5.38. The number of amides is 1. The van der Waals surface area contributed by atoms with E-state index in [2.05, 4.69) is 5.43 Å². The Balaban J connectivity index is 1.70. The van der Waals surface area contributed by atoms with E-state index in [9.17, 15) is 13.2 Å². The zero-order valence-electron chi connectivity index (χ0n) is 14.6. The van der Waals surface area contributed by atoms with Crippen molar-refractivity contribution >= 4 is 15.9 Å². The lowest BCUT2D eigenvalue weighted by molar-refractivity contribution is -0.130. The number of benzene rings is 2. The Labute approximate surface area is 156 Å². The van der Waals surface area contributed by atoms with Crippen LogP contribution >= 0.6 is 0 Å². The standard InChI is InChI=1S/C17H18N2O7S/c1-23-11-7-8-14(24-2)16(9-11)27(21,22)19-18-17(20)15-10-25-12-5-3-4-6-13(12)26-15/h3-9,15,19H,10H2,1-2H3,(H,18,20)/t15-/m1/s1. The lowest BCUT2D eigenvalue weighted by Crippen LogP contribution is -2.50. The highest BCUT2D eigenvalue weighted by Gasteiger charge is 2.29. The van der Waals surface area contributed by atoms with Crippen LogP contribution in [0.3, 0.4) is 0 Å². The van der Waals surface area contributed by atoms with Gasteiger partial charge in [0.2, 0.25) is 6.10 Å². The van der Waals surface area contributed by atoms with Gasteiger partial charge in [-0.3, -0.25) is 10.2 Å². The number of fused-ring (bicyclic) bond motifs is 1. The number of methoxy groups -OCH3 is 2. The molecule has 1 aliphatic heterocycles. The normalized spacial score (nSPS) is 15.7. The van der Waals surface area contributed by atoms with Crippen LogP contribution in [0, 0.1) is 0 Å². The molecule has 0 saturated heterocycles. The van der Waals surface area contributed by atoms with Crippen molar-refractivity contribution in [3.8, 4) is 23.0 Å². The molecule has 2 aromatic carbocycles. The molecule has 0 saturated carbocycles. The van der Waals surface area contributed by atoms with E-state index in [1.165, 1.54) is 26.4 Å². The number of ether oxygens (including phenoxy) is 4. The Morgan fingerprint density at radius 3 is 2.56 bits per heavy atom. The SMILES string of the molecule is COc1ccc(OC)c(S(=O)(=O)NNC(=O)[C@H]2COc3ccccc3O2)c1. The average Bonchev–Trinajstić information content (AvgIpc) is 2.71. The van der Waals surface area contributed by atoms with Gasteiger partial charge in [0.05, 0.1) is 14.2 Å². The Bertz CT molecular complexity index is 946. The lowest BCUT2D eigenvalue weighted by atomic mass is 10.2. The van der Waals surface area contributed by atoms with Gasteiger partial charge < -0.3 is 18.9 Å². The quantitative estimate of drug-likeness (QED) is 0.699. The molecule has 0 aromatic heterocycles. The van der Waals surface area contributed by atoms with E-state index in [1.54, 1.807) is 30.3 Å². The third kappa shape index (κ3) is 4.07. The van der Waals surface area contributed by atoms with Crippen LogP contribution in [0.25, 0.3) is 0 Å². The first-order valence-electron chi connectivity index (χ1n) is 7.87. The molecule has 0 fully saturated rings. The number of hydrazine groups is 1. The zero-order chi connectivity index (χ0) is 19.4. The van der Waals surface area contributed by atoms with Crippen molar-refractivity contribution in [2.75, 3.05) is 20.8 Å². The molecule has 2 N–H and O–H groups in total. The predicted molar refractivity (Wildman–Crippen MR) is 94.4 cm³/mol. The highest BCUT2D eigenvalue weighted by molar-refractivity contribution is 7.89. The summed E-state index contributed by atoms with van der Waals surface area (Å²) >= 11 is 0. The summed E-state index contributed by atoms with van der Waals surface area (Å²) in [5.74, 6) is 0.645. The summed E-state index contributed by atoms with van der Waals surface area (Å²) in [7, 11) is -1.37. The summed E-state index contributed by atoms with van der Waals surface area (Å²) in [5, 5.41) is 0. The number of nitrogens with one attached hydrogen (secondary N) is 2. The van der Waals surface area contributed by atoms with E-state index in [4.69, 9.17) is 18.9 Å². The number of para-hydroxylation sites is 2. The summed E-state index contributed by atoms with van der Waals surface area (Å²) in [4.78, 5) is 14.1. The third-order valence-electron chi connectivity index (χ3n) is 3.77. The van der Waals surface area contributed by atoms with Gasteiger partial charge in [0.15, 0.2) is 11.5 Å². The van der Waals surface area contributed by atoms with E-state index < -0.39 is 22.0 Å². The summed E-state index contributed by atoms with van der Waals surface area (Å²) in [5.41, 5.74) is 2.13. The second-order valence-electron chi connectivity index (χ2n) is 5.48. The second kappa shape index (κ2) is 7.72. The molecule has 10 heteroatoms. The summed E-state index contributed by atoms with van der Waals surface area (Å²) < 4.78 is 46.1. The highest BCUT2D eigenvalue weighted by Crippen LogP contribution is 2.31. The molecule has 0 spiro atoms. The molecule has 1 amide bonds. The molecule has 3 rings (SSSR count). The van der Waals surface area contributed by atoms with Crippen molar-refractivity contribution in [2.45, 2.75) is 11.0 Å². The van der Waals surface area contributed by atoms with Gasteiger partial charge in [-0.15, -0.1) is 4.83 Å². The molecular formula is C17H18N2O7S. The van der Waals surface area contributed by atoms with Gasteiger partial charge in [-0.2, -0.15) is 0 Å². The van der Waals surface area contributed by atoms with E-state index in [-0.39, 0.29) is 17.3 Å². The first-order valence-corrected chi connectivity index (χ1v) is 9.35. The van der Waals surface area contributed by atoms with E-state index in [0.29, 0.717) is 17.2 Å². The largest absolute Gasteiger partial charge is 0.497 e. The highest BCUT2D eigenvalue weighted by atomic mass is 32.2. The average molecular weight is 394 g/mol. The number of carbonyl (C=O) groups excluding carboxylic acids is 1. The van der Waals surface area contributed by atoms with Crippen molar-refractivity contribution in [3.05, 3.63) is 42.5 Å². The second-order valence-corrected chi connectivity index (χ2v) is 7.13. The van der Waals surface area contributed by atoms with Gasteiger partial charge in [0, 0.05) is 6.07 Å². The van der Waals surface area contributed by atoms with Crippen LogP contribution in [-0.4, -0.2) is 41.3 Å². The Morgan fingerprint density at radius 1 is 1.11 bits per heavy atom. The molecule has 2 aromatic rings. The van der Waals surface area contributed by atoms with Gasteiger partial charge in [0.1, 0.15) is 23.0 Å². The molecule has 0 radical (unpaired) electrons. The first kappa shape index (κ1) is 18.8. The molecule has 0 unspecified atom stereocenters. The zero-order valence-corrected chi connectivity index (χ0v) is 15.4. The minimum absolute atomic E-state index is 0.0486. The number of sulfonamides is 1. The lowest BCUT2D eigenvalue weighted by Gasteiger charge is -2.25. The molecule has 0 aliphatic carbocycles. The maximum absolute atomic E-state index is 12.5. The number of hydrogen-bond acceptors (Lipinski definition) is 7. The summed E-state index contributed by atoms with van der Waals surface area (Å²) in [6.07, 6.45) is -1.00. The fourth-order valence-corrected chi connectivity index (χ4v) is 3.43. The molecule has 27 heavy (non-hydrogen) atoms. The molecule has 1 aliphatic rings. The van der Waals surface area contributed by atoms with Gasteiger partial charge in [-0.05, 0) is 24.3 Å². The van der Waals surface area contributed by atoms with Crippen molar-refractivity contribution in [3.63, 3.8) is 0 Å². The first-order chi connectivity index (χ1) is 12.9. The number of rotatable bonds is 6.